The Bertz CT molecular complexity index is 962. The second-order valence-electron chi connectivity index (χ2n) is 5.88. The highest BCUT2D eigenvalue weighted by Crippen LogP contribution is 2.29. The summed E-state index contributed by atoms with van der Waals surface area (Å²) in [6, 6.07) is 3.94. The van der Waals surface area contributed by atoms with Crippen LogP contribution in [-0.4, -0.2) is 42.6 Å². The minimum atomic E-state index is -3.74. The molecule has 2 rings (SSSR count). The van der Waals surface area contributed by atoms with Crippen LogP contribution in [0.25, 0.3) is 0 Å². The van der Waals surface area contributed by atoms with E-state index in [0.717, 1.165) is 16.1 Å². The second kappa shape index (κ2) is 9.73. The van der Waals surface area contributed by atoms with E-state index in [2.05, 4.69) is 22.1 Å². The number of anilines is 2. The monoisotopic (exact) mass is 460 g/mol. The fraction of sp³-hybridized carbons (Fsp3) is 0.353. The third-order valence-corrected chi connectivity index (χ3v) is 7.26. The highest BCUT2D eigenvalue weighted by Gasteiger charge is 2.32. The molecule has 0 aliphatic heterocycles. The van der Waals surface area contributed by atoms with Crippen molar-refractivity contribution >= 4 is 61.4 Å². The number of thioether (sulfide) groups is 1. The van der Waals surface area contributed by atoms with Crippen molar-refractivity contribution in [3.05, 3.63) is 41.4 Å². The van der Waals surface area contributed by atoms with Crippen LogP contribution in [0.1, 0.15) is 18.9 Å². The van der Waals surface area contributed by atoms with Crippen molar-refractivity contribution in [2.24, 2.45) is 0 Å². The van der Waals surface area contributed by atoms with E-state index in [1.807, 2.05) is 6.92 Å². The molecule has 1 heterocycles. The Morgan fingerprint density at radius 1 is 1.46 bits per heavy atom. The predicted molar refractivity (Wildman–Crippen MR) is 117 cm³/mol. The lowest BCUT2D eigenvalue weighted by atomic mass is 10.1. The number of aromatic nitrogens is 2. The van der Waals surface area contributed by atoms with Crippen molar-refractivity contribution in [2.45, 2.75) is 30.6 Å². The van der Waals surface area contributed by atoms with Gasteiger partial charge in [-0.25, -0.2) is 8.42 Å². The number of aryl methyl sites for hydroxylation is 1. The highest BCUT2D eigenvalue weighted by atomic mass is 35.5. The van der Waals surface area contributed by atoms with E-state index in [4.69, 9.17) is 11.6 Å². The van der Waals surface area contributed by atoms with Gasteiger partial charge in [0, 0.05) is 10.8 Å². The summed E-state index contributed by atoms with van der Waals surface area (Å²) in [7, 11) is -3.74. The number of benzene rings is 1. The summed E-state index contributed by atoms with van der Waals surface area (Å²) in [5, 5.41) is 11.3. The van der Waals surface area contributed by atoms with Crippen LogP contribution in [-0.2, 0) is 14.8 Å². The molecule has 0 radical (unpaired) electrons. The van der Waals surface area contributed by atoms with Gasteiger partial charge in [0.2, 0.25) is 21.1 Å². The van der Waals surface area contributed by atoms with E-state index in [1.165, 1.54) is 23.1 Å². The lowest BCUT2D eigenvalue weighted by Crippen LogP contribution is -2.47. The molecule has 1 amide bonds. The quantitative estimate of drug-likeness (QED) is 0.346. The van der Waals surface area contributed by atoms with E-state index in [-0.39, 0.29) is 6.42 Å². The molecule has 0 saturated carbocycles. The highest BCUT2D eigenvalue weighted by molar-refractivity contribution is 8.01. The number of hydrogen-bond acceptors (Lipinski definition) is 7. The van der Waals surface area contributed by atoms with Crippen LogP contribution in [0.3, 0.4) is 0 Å². The third kappa shape index (κ3) is 5.69. The molecule has 7 nitrogen and oxygen atoms in total. The number of sulfonamides is 1. The number of halogens is 1. The van der Waals surface area contributed by atoms with Crippen LogP contribution in [0.5, 0.6) is 0 Å². The predicted octanol–water partition coefficient (Wildman–Crippen LogP) is 3.96. The minimum Gasteiger partial charge on any atom is -0.299 e. The number of nitrogens with one attached hydrogen (secondary N) is 1. The van der Waals surface area contributed by atoms with Crippen molar-refractivity contribution < 1.29 is 13.2 Å². The molecule has 1 N–H and O–H groups in total. The van der Waals surface area contributed by atoms with Crippen LogP contribution >= 0.6 is 34.7 Å². The first-order valence-corrected chi connectivity index (χ1v) is 12.3. The maximum absolute atomic E-state index is 12.8. The summed E-state index contributed by atoms with van der Waals surface area (Å²) < 4.78 is 26.7. The first-order valence-electron chi connectivity index (χ1n) is 8.31. The topological polar surface area (TPSA) is 92.3 Å². The molecular formula is C17H21ClN4O3S3. The number of hydrogen-bond donors (Lipinski definition) is 1. The first kappa shape index (κ1) is 22.7. The molecule has 1 aromatic carbocycles. The molecule has 0 aliphatic rings. The molecule has 0 aliphatic carbocycles. The number of carbonyl (C=O) groups excluding carboxylic acids is 1. The minimum absolute atomic E-state index is 0.265. The van der Waals surface area contributed by atoms with Crippen molar-refractivity contribution in [2.75, 3.05) is 21.6 Å². The Morgan fingerprint density at radius 2 is 2.18 bits per heavy atom. The Hall–Kier alpha value is -1.62. The van der Waals surface area contributed by atoms with Crippen LogP contribution < -0.4 is 9.62 Å². The normalized spacial score (nSPS) is 12.4. The van der Waals surface area contributed by atoms with Crippen molar-refractivity contribution in [1.82, 2.24) is 10.2 Å². The number of nitrogens with zero attached hydrogens (tertiary/aromatic N) is 3. The van der Waals surface area contributed by atoms with Crippen LogP contribution in [0.4, 0.5) is 10.8 Å². The largest absolute Gasteiger partial charge is 0.299 e. The smallest absolute Gasteiger partial charge is 0.250 e. The summed E-state index contributed by atoms with van der Waals surface area (Å²) in [4.78, 5) is 12.8. The molecular weight excluding hydrogens is 440 g/mol. The van der Waals surface area contributed by atoms with E-state index in [0.29, 0.717) is 25.9 Å². The number of amides is 1. The molecule has 0 unspecified atom stereocenters. The first-order chi connectivity index (χ1) is 13.2. The number of rotatable bonds is 9. The molecule has 28 heavy (non-hydrogen) atoms. The fourth-order valence-electron chi connectivity index (χ4n) is 2.42. The fourth-order valence-corrected chi connectivity index (χ4v) is 5.31. The van der Waals surface area contributed by atoms with E-state index >= 15 is 0 Å². The zero-order valence-corrected chi connectivity index (χ0v) is 18.9. The lowest BCUT2D eigenvalue weighted by molar-refractivity contribution is -0.117. The molecule has 152 valence electrons. The SMILES string of the molecule is C=CCSc1nnc(NC(=O)[C@@H](CC)N(c2ccc(C)c(Cl)c2)S(C)(=O)=O)s1. The Morgan fingerprint density at radius 3 is 2.75 bits per heavy atom. The van der Waals surface area contributed by atoms with E-state index in [1.54, 1.807) is 31.2 Å². The van der Waals surface area contributed by atoms with Crippen molar-refractivity contribution in [3.63, 3.8) is 0 Å². The van der Waals surface area contributed by atoms with Gasteiger partial charge in [-0.15, -0.1) is 16.8 Å². The molecule has 1 aromatic heterocycles. The average molecular weight is 461 g/mol. The molecule has 11 heteroatoms. The Labute approximate surface area is 178 Å². The lowest BCUT2D eigenvalue weighted by Gasteiger charge is -2.30. The van der Waals surface area contributed by atoms with Crippen LogP contribution in [0.15, 0.2) is 35.2 Å². The standard InChI is InChI=1S/C17H21ClN4O3S3/c1-5-9-26-17-21-20-16(27-17)19-15(23)14(6-2)22(28(4,24)25)12-8-7-11(3)13(18)10-12/h5,7-8,10,14H,1,6,9H2,2-4H3,(H,19,20,23)/t14-/m1/s1. The Kier molecular flexibility index (Phi) is 7.87. The molecule has 0 bridgehead atoms. The summed E-state index contributed by atoms with van der Waals surface area (Å²) in [5.74, 6) is 0.192. The van der Waals surface area contributed by atoms with E-state index < -0.39 is 22.0 Å². The van der Waals surface area contributed by atoms with Crippen molar-refractivity contribution in [1.29, 1.82) is 0 Å². The zero-order valence-electron chi connectivity index (χ0n) is 15.7. The van der Waals surface area contributed by atoms with E-state index in [9.17, 15) is 13.2 Å². The maximum Gasteiger partial charge on any atom is 0.250 e. The second-order valence-corrected chi connectivity index (χ2v) is 10.4. The molecule has 0 fully saturated rings. The van der Waals surface area contributed by atoms with Crippen LogP contribution in [0, 0.1) is 6.92 Å². The average Bonchev–Trinajstić information content (AvgIpc) is 3.06. The van der Waals surface area contributed by atoms with Gasteiger partial charge in [-0.2, -0.15) is 0 Å². The van der Waals surface area contributed by atoms with Gasteiger partial charge in [0.25, 0.3) is 0 Å². The van der Waals surface area contributed by atoms with Gasteiger partial charge < -0.3 is 0 Å². The van der Waals surface area contributed by atoms with Crippen LogP contribution in [0.2, 0.25) is 5.02 Å². The maximum atomic E-state index is 12.8. The van der Waals surface area contributed by atoms with Gasteiger partial charge >= 0.3 is 0 Å². The zero-order chi connectivity index (χ0) is 20.9. The Balaban J connectivity index is 2.29. The van der Waals surface area contributed by atoms with Gasteiger partial charge in [0.15, 0.2) is 4.34 Å². The molecule has 2 aromatic rings. The third-order valence-electron chi connectivity index (χ3n) is 3.70. The summed E-state index contributed by atoms with van der Waals surface area (Å²) in [5.41, 5.74) is 1.15. The summed E-state index contributed by atoms with van der Waals surface area (Å²) in [6.45, 7) is 7.20. The molecule has 0 spiro atoms. The van der Waals surface area contributed by atoms with Gasteiger partial charge in [0.1, 0.15) is 6.04 Å². The van der Waals surface area contributed by atoms with Gasteiger partial charge in [-0.1, -0.05) is 53.8 Å². The van der Waals surface area contributed by atoms with Gasteiger partial charge in [0.05, 0.1) is 11.9 Å². The molecule has 0 saturated heterocycles. The van der Waals surface area contributed by atoms with Gasteiger partial charge in [-0.05, 0) is 31.0 Å². The summed E-state index contributed by atoms with van der Waals surface area (Å²) >= 11 is 8.83. The number of carbonyl (C=O) groups is 1. The summed E-state index contributed by atoms with van der Waals surface area (Å²) in [6.07, 6.45) is 3.07. The van der Waals surface area contributed by atoms with Crippen molar-refractivity contribution in [3.8, 4) is 0 Å². The van der Waals surface area contributed by atoms with Gasteiger partial charge in [-0.3, -0.25) is 14.4 Å². The molecule has 1 atom stereocenters.